The highest BCUT2D eigenvalue weighted by molar-refractivity contribution is 6.31. The molecule has 1 aliphatic heterocycles. The van der Waals surface area contributed by atoms with Crippen LogP contribution >= 0.6 is 11.6 Å². The first-order valence-corrected chi connectivity index (χ1v) is 4.95. The molecule has 0 unspecified atom stereocenters. The van der Waals surface area contributed by atoms with E-state index in [9.17, 15) is 0 Å². The predicted octanol–water partition coefficient (Wildman–Crippen LogP) is 2.02. The van der Waals surface area contributed by atoms with Gasteiger partial charge in [0.05, 0.1) is 6.54 Å². The lowest BCUT2D eigenvalue weighted by atomic mass is 10.2. The smallest absolute Gasteiger partial charge is 0.195 e. The molecular weight excluding hydrogens is 198 g/mol. The number of hydrogen-bond donors (Lipinski definition) is 2. The van der Waals surface area contributed by atoms with Crippen LogP contribution in [0.1, 0.15) is 5.56 Å². The Hall–Kier alpha value is -1.22. The zero-order chi connectivity index (χ0) is 9.97. The van der Waals surface area contributed by atoms with E-state index in [0.29, 0.717) is 0 Å². The van der Waals surface area contributed by atoms with E-state index in [1.54, 1.807) is 0 Å². The van der Waals surface area contributed by atoms with Crippen molar-refractivity contribution in [1.29, 1.82) is 0 Å². The number of halogens is 1. The molecule has 0 radical (unpaired) electrons. The van der Waals surface area contributed by atoms with Crippen molar-refractivity contribution < 1.29 is 0 Å². The zero-order valence-electron chi connectivity index (χ0n) is 7.97. The Morgan fingerprint density at radius 2 is 2.36 bits per heavy atom. The molecule has 1 aliphatic rings. The molecular formula is C10H12ClN3. The third-order valence-corrected chi connectivity index (χ3v) is 2.52. The maximum Gasteiger partial charge on any atom is 0.195 e. The summed E-state index contributed by atoms with van der Waals surface area (Å²) in [5.41, 5.74) is 2.05. The van der Waals surface area contributed by atoms with Crippen LogP contribution < -0.4 is 10.6 Å². The second-order valence-electron chi connectivity index (χ2n) is 3.25. The van der Waals surface area contributed by atoms with Crippen molar-refractivity contribution in [1.82, 2.24) is 5.32 Å². The lowest BCUT2D eigenvalue weighted by Crippen LogP contribution is -2.26. The second kappa shape index (κ2) is 3.88. The molecule has 1 aromatic rings. The lowest BCUT2D eigenvalue weighted by Gasteiger charge is -2.07. The van der Waals surface area contributed by atoms with Crippen LogP contribution in [0.5, 0.6) is 0 Å². The number of guanidine groups is 1. The van der Waals surface area contributed by atoms with Crippen LogP contribution in [0.15, 0.2) is 23.2 Å². The van der Waals surface area contributed by atoms with Gasteiger partial charge in [-0.25, -0.2) is 0 Å². The number of aryl methyl sites for hydroxylation is 1. The number of nitrogens with one attached hydrogen (secondary N) is 2. The number of anilines is 1. The van der Waals surface area contributed by atoms with Crippen LogP contribution in [0.3, 0.4) is 0 Å². The number of hydrogen-bond acceptors (Lipinski definition) is 3. The summed E-state index contributed by atoms with van der Waals surface area (Å²) in [5.74, 6) is 0.824. The average molecular weight is 210 g/mol. The molecule has 74 valence electrons. The van der Waals surface area contributed by atoms with Crippen LogP contribution in [0.4, 0.5) is 5.69 Å². The quantitative estimate of drug-likeness (QED) is 0.743. The summed E-state index contributed by atoms with van der Waals surface area (Å²) in [6.07, 6.45) is 0. The van der Waals surface area contributed by atoms with Gasteiger partial charge in [0.2, 0.25) is 0 Å². The fraction of sp³-hybridized carbons (Fsp3) is 0.300. The normalized spacial score (nSPS) is 14.9. The summed E-state index contributed by atoms with van der Waals surface area (Å²) in [7, 11) is 0. The Kier molecular flexibility index (Phi) is 2.59. The van der Waals surface area contributed by atoms with Crippen molar-refractivity contribution in [3.8, 4) is 0 Å². The highest BCUT2D eigenvalue weighted by Crippen LogP contribution is 2.19. The minimum atomic E-state index is 0.772. The minimum absolute atomic E-state index is 0.772. The summed E-state index contributed by atoms with van der Waals surface area (Å²) in [6, 6.07) is 5.88. The van der Waals surface area contributed by atoms with E-state index in [-0.39, 0.29) is 0 Å². The second-order valence-corrected chi connectivity index (χ2v) is 3.65. The van der Waals surface area contributed by atoms with E-state index in [1.807, 2.05) is 25.1 Å². The van der Waals surface area contributed by atoms with Crippen molar-refractivity contribution >= 4 is 23.2 Å². The maximum absolute atomic E-state index is 6.00. The summed E-state index contributed by atoms with van der Waals surface area (Å²) in [6.45, 7) is 3.72. The maximum atomic E-state index is 6.00. The van der Waals surface area contributed by atoms with E-state index in [0.717, 1.165) is 35.3 Å². The van der Waals surface area contributed by atoms with E-state index in [1.165, 1.54) is 0 Å². The van der Waals surface area contributed by atoms with Gasteiger partial charge in [0.25, 0.3) is 0 Å². The molecule has 0 saturated heterocycles. The molecule has 0 aliphatic carbocycles. The van der Waals surface area contributed by atoms with Gasteiger partial charge in [-0.1, -0.05) is 17.7 Å². The van der Waals surface area contributed by atoms with Gasteiger partial charge < -0.3 is 10.6 Å². The number of benzene rings is 1. The number of aliphatic imine (C=N–C) groups is 1. The standard InChI is InChI=1S/C10H12ClN3/c1-7-2-3-8(6-9(7)11)14-10-12-4-5-13-10/h2-3,6H,4-5H2,1H3,(H2,12,13,14). The summed E-state index contributed by atoms with van der Waals surface area (Å²) < 4.78 is 0. The Morgan fingerprint density at radius 3 is 3.00 bits per heavy atom. The van der Waals surface area contributed by atoms with Crippen LogP contribution in [0, 0.1) is 6.92 Å². The summed E-state index contributed by atoms with van der Waals surface area (Å²) in [4.78, 5) is 4.23. The first-order valence-electron chi connectivity index (χ1n) is 4.57. The van der Waals surface area contributed by atoms with E-state index in [4.69, 9.17) is 11.6 Å². The summed E-state index contributed by atoms with van der Waals surface area (Å²) in [5, 5.41) is 7.07. The monoisotopic (exact) mass is 209 g/mol. The third kappa shape index (κ3) is 1.99. The first kappa shape index (κ1) is 9.34. The van der Waals surface area contributed by atoms with Gasteiger partial charge in [-0.3, -0.25) is 4.99 Å². The highest BCUT2D eigenvalue weighted by Gasteiger charge is 2.05. The van der Waals surface area contributed by atoms with Crippen molar-refractivity contribution in [3.05, 3.63) is 28.8 Å². The topological polar surface area (TPSA) is 36.4 Å². The third-order valence-electron chi connectivity index (χ3n) is 2.11. The van der Waals surface area contributed by atoms with Crippen LogP contribution in [-0.4, -0.2) is 19.0 Å². The molecule has 0 atom stereocenters. The molecule has 2 N–H and O–H groups in total. The molecule has 14 heavy (non-hydrogen) atoms. The van der Waals surface area contributed by atoms with Gasteiger partial charge in [-0.2, -0.15) is 0 Å². The Bertz CT molecular complexity index is 374. The van der Waals surface area contributed by atoms with Crippen LogP contribution in [0.25, 0.3) is 0 Å². The van der Waals surface area contributed by atoms with Crippen molar-refractivity contribution in [2.75, 3.05) is 18.4 Å². The Balaban J connectivity index is 2.13. The Morgan fingerprint density at radius 1 is 1.50 bits per heavy atom. The fourth-order valence-corrected chi connectivity index (χ4v) is 1.47. The highest BCUT2D eigenvalue weighted by atomic mass is 35.5. The average Bonchev–Trinajstić information content (AvgIpc) is 2.64. The van der Waals surface area contributed by atoms with Crippen molar-refractivity contribution in [3.63, 3.8) is 0 Å². The molecule has 0 aromatic heterocycles. The molecule has 1 heterocycles. The number of nitrogens with zero attached hydrogens (tertiary/aromatic N) is 1. The van der Waals surface area contributed by atoms with E-state index >= 15 is 0 Å². The van der Waals surface area contributed by atoms with Gasteiger partial charge in [-0.05, 0) is 24.6 Å². The molecule has 0 saturated carbocycles. The predicted molar refractivity (Wildman–Crippen MR) is 60.1 cm³/mol. The van der Waals surface area contributed by atoms with Gasteiger partial charge in [0, 0.05) is 17.3 Å². The molecule has 4 heteroatoms. The first-order chi connectivity index (χ1) is 6.75. The van der Waals surface area contributed by atoms with Crippen LogP contribution in [-0.2, 0) is 0 Å². The van der Waals surface area contributed by atoms with Gasteiger partial charge in [0.1, 0.15) is 0 Å². The lowest BCUT2D eigenvalue weighted by molar-refractivity contribution is 0.959. The SMILES string of the molecule is Cc1ccc(NC2=NCCN2)cc1Cl. The molecule has 2 rings (SSSR count). The van der Waals surface area contributed by atoms with E-state index in [2.05, 4.69) is 15.6 Å². The van der Waals surface area contributed by atoms with Crippen LogP contribution in [0.2, 0.25) is 5.02 Å². The van der Waals surface area contributed by atoms with Gasteiger partial charge in [-0.15, -0.1) is 0 Å². The minimum Gasteiger partial charge on any atom is -0.354 e. The Labute approximate surface area is 88.2 Å². The fourth-order valence-electron chi connectivity index (χ4n) is 1.29. The number of rotatable bonds is 1. The molecule has 3 nitrogen and oxygen atoms in total. The molecule has 0 amide bonds. The van der Waals surface area contributed by atoms with Crippen molar-refractivity contribution in [2.45, 2.75) is 6.92 Å². The zero-order valence-corrected chi connectivity index (χ0v) is 8.73. The molecule has 0 bridgehead atoms. The van der Waals surface area contributed by atoms with E-state index < -0.39 is 0 Å². The largest absolute Gasteiger partial charge is 0.354 e. The molecule has 0 fully saturated rings. The molecule has 1 aromatic carbocycles. The molecule has 0 spiro atoms. The summed E-state index contributed by atoms with van der Waals surface area (Å²) >= 11 is 6.00. The van der Waals surface area contributed by atoms with Gasteiger partial charge in [0.15, 0.2) is 5.96 Å². The van der Waals surface area contributed by atoms with Crippen molar-refractivity contribution in [2.24, 2.45) is 4.99 Å². The van der Waals surface area contributed by atoms with Gasteiger partial charge >= 0.3 is 0 Å².